The predicted octanol–water partition coefficient (Wildman–Crippen LogP) is 1.87. The second-order valence-corrected chi connectivity index (χ2v) is 5.84. The van der Waals surface area contributed by atoms with Crippen LogP contribution in [-0.4, -0.2) is 35.5 Å². The molecule has 0 aliphatic rings. The molecular formula is C19H22N2O4. The van der Waals surface area contributed by atoms with Gasteiger partial charge in [-0.3, -0.25) is 9.59 Å². The summed E-state index contributed by atoms with van der Waals surface area (Å²) in [5.41, 5.74) is 0.880. The molecular weight excluding hydrogens is 320 g/mol. The van der Waals surface area contributed by atoms with Crippen molar-refractivity contribution in [3.05, 3.63) is 48.0 Å². The highest BCUT2D eigenvalue weighted by Gasteiger charge is 2.19. The Bertz CT molecular complexity index is 768. The van der Waals surface area contributed by atoms with E-state index in [1.165, 1.54) is 0 Å². The number of amides is 2. The number of fused-ring (bicyclic) bond motifs is 1. The first kappa shape index (κ1) is 18.4. The van der Waals surface area contributed by atoms with E-state index in [2.05, 4.69) is 10.6 Å². The molecule has 2 amide bonds. The zero-order valence-corrected chi connectivity index (χ0v) is 14.1. The summed E-state index contributed by atoms with van der Waals surface area (Å²) in [7, 11) is 0. The van der Waals surface area contributed by atoms with Gasteiger partial charge in [-0.15, -0.1) is 0 Å². The van der Waals surface area contributed by atoms with Crippen molar-refractivity contribution in [2.24, 2.45) is 0 Å². The molecule has 2 aromatic rings. The van der Waals surface area contributed by atoms with Crippen LogP contribution in [0.25, 0.3) is 10.8 Å². The normalized spacial score (nSPS) is 11.7. The Morgan fingerprint density at radius 2 is 1.76 bits per heavy atom. The predicted molar refractivity (Wildman–Crippen MR) is 95.1 cm³/mol. The molecule has 25 heavy (non-hydrogen) atoms. The topological polar surface area (TPSA) is 95.5 Å². The fraction of sp³-hybridized carbons (Fsp3) is 0.316. The molecule has 0 aliphatic heterocycles. The highest BCUT2D eigenvalue weighted by Crippen LogP contribution is 2.18. The number of benzene rings is 2. The van der Waals surface area contributed by atoms with Crippen molar-refractivity contribution in [2.75, 3.05) is 6.54 Å². The van der Waals surface area contributed by atoms with Gasteiger partial charge >= 0.3 is 5.97 Å². The maximum absolute atomic E-state index is 12.1. The summed E-state index contributed by atoms with van der Waals surface area (Å²) in [6.45, 7) is 1.60. The molecule has 0 fully saturated rings. The summed E-state index contributed by atoms with van der Waals surface area (Å²) >= 11 is 0. The summed E-state index contributed by atoms with van der Waals surface area (Å²) in [6.07, 6.45) is 1.15. The minimum absolute atomic E-state index is 0.159. The number of carbonyl (C=O) groups is 3. The molecule has 0 saturated heterocycles. The Balaban J connectivity index is 1.90. The number of rotatable bonds is 8. The van der Waals surface area contributed by atoms with E-state index in [0.717, 1.165) is 16.3 Å². The van der Waals surface area contributed by atoms with Gasteiger partial charge < -0.3 is 15.7 Å². The van der Waals surface area contributed by atoms with Crippen LogP contribution in [0, 0.1) is 0 Å². The smallest absolute Gasteiger partial charge is 0.326 e. The molecule has 0 saturated carbocycles. The molecule has 0 aromatic heterocycles. The van der Waals surface area contributed by atoms with Gasteiger partial charge in [-0.05, 0) is 22.8 Å². The molecule has 0 spiro atoms. The first-order valence-corrected chi connectivity index (χ1v) is 8.26. The van der Waals surface area contributed by atoms with E-state index in [1.807, 2.05) is 49.4 Å². The van der Waals surface area contributed by atoms with Crippen LogP contribution < -0.4 is 10.6 Å². The van der Waals surface area contributed by atoms with Crippen LogP contribution >= 0.6 is 0 Å². The molecule has 0 bridgehead atoms. The fourth-order valence-corrected chi connectivity index (χ4v) is 2.65. The maximum atomic E-state index is 12.1. The van der Waals surface area contributed by atoms with Crippen LogP contribution in [0.4, 0.5) is 0 Å². The summed E-state index contributed by atoms with van der Waals surface area (Å²) in [6, 6.07) is 12.6. The second-order valence-electron chi connectivity index (χ2n) is 5.84. The van der Waals surface area contributed by atoms with Crippen molar-refractivity contribution in [3.63, 3.8) is 0 Å². The number of hydrogen-bond acceptors (Lipinski definition) is 3. The Morgan fingerprint density at radius 1 is 1.04 bits per heavy atom. The largest absolute Gasteiger partial charge is 0.480 e. The first-order valence-electron chi connectivity index (χ1n) is 8.26. The van der Waals surface area contributed by atoms with E-state index >= 15 is 0 Å². The van der Waals surface area contributed by atoms with Gasteiger partial charge in [0.1, 0.15) is 6.04 Å². The number of nitrogens with one attached hydrogen (secondary N) is 2. The van der Waals surface area contributed by atoms with Crippen molar-refractivity contribution >= 4 is 28.6 Å². The van der Waals surface area contributed by atoms with Gasteiger partial charge in [0.25, 0.3) is 0 Å². The van der Waals surface area contributed by atoms with E-state index in [9.17, 15) is 14.4 Å². The molecule has 1 atom stereocenters. The monoisotopic (exact) mass is 342 g/mol. The van der Waals surface area contributed by atoms with Crippen molar-refractivity contribution in [2.45, 2.75) is 32.2 Å². The highest BCUT2D eigenvalue weighted by atomic mass is 16.4. The number of aliphatic carboxylic acids is 1. The van der Waals surface area contributed by atoms with Crippen LogP contribution in [-0.2, 0) is 20.8 Å². The average molecular weight is 342 g/mol. The van der Waals surface area contributed by atoms with Gasteiger partial charge in [0.15, 0.2) is 0 Å². The Kier molecular flexibility index (Phi) is 6.51. The summed E-state index contributed by atoms with van der Waals surface area (Å²) < 4.78 is 0. The standard InChI is InChI=1S/C19H22N2O4/c1-2-6-16(19(24)25)21-18(23)12-20-17(22)11-14-9-5-8-13-7-3-4-10-15(13)14/h3-5,7-10,16H,2,6,11-12H2,1H3,(H,20,22)(H,21,23)(H,24,25). The van der Waals surface area contributed by atoms with Gasteiger partial charge in [-0.25, -0.2) is 4.79 Å². The van der Waals surface area contributed by atoms with Crippen LogP contribution in [0.2, 0.25) is 0 Å². The Morgan fingerprint density at radius 3 is 2.48 bits per heavy atom. The quantitative estimate of drug-likeness (QED) is 0.682. The molecule has 3 N–H and O–H groups in total. The van der Waals surface area contributed by atoms with Gasteiger partial charge in [-0.1, -0.05) is 55.8 Å². The number of hydrogen-bond donors (Lipinski definition) is 3. The molecule has 0 heterocycles. The van der Waals surface area contributed by atoms with Crippen molar-refractivity contribution in [1.82, 2.24) is 10.6 Å². The number of carboxylic acids is 1. The van der Waals surface area contributed by atoms with Crippen LogP contribution in [0.3, 0.4) is 0 Å². The molecule has 1 unspecified atom stereocenters. The number of carboxylic acid groups (broad SMARTS) is 1. The van der Waals surface area contributed by atoms with Gasteiger partial charge in [0, 0.05) is 0 Å². The maximum Gasteiger partial charge on any atom is 0.326 e. The lowest BCUT2D eigenvalue weighted by molar-refractivity contribution is -0.141. The lowest BCUT2D eigenvalue weighted by atomic mass is 10.0. The summed E-state index contributed by atoms with van der Waals surface area (Å²) in [5, 5.41) is 16.0. The van der Waals surface area contributed by atoms with Crippen molar-refractivity contribution < 1.29 is 19.5 Å². The molecule has 0 radical (unpaired) electrons. The Hall–Kier alpha value is -2.89. The third-order valence-corrected chi connectivity index (χ3v) is 3.89. The molecule has 6 nitrogen and oxygen atoms in total. The fourth-order valence-electron chi connectivity index (χ4n) is 2.65. The molecule has 132 valence electrons. The average Bonchev–Trinajstić information content (AvgIpc) is 2.60. The third kappa shape index (κ3) is 5.31. The van der Waals surface area contributed by atoms with E-state index in [0.29, 0.717) is 12.8 Å². The second kappa shape index (κ2) is 8.82. The SMILES string of the molecule is CCCC(NC(=O)CNC(=O)Cc1cccc2ccccc12)C(=O)O. The van der Waals surface area contributed by atoms with E-state index in [1.54, 1.807) is 0 Å². The van der Waals surface area contributed by atoms with Crippen molar-refractivity contribution in [1.29, 1.82) is 0 Å². The number of carbonyl (C=O) groups excluding carboxylic acids is 2. The molecule has 6 heteroatoms. The van der Waals surface area contributed by atoms with E-state index in [-0.39, 0.29) is 18.9 Å². The van der Waals surface area contributed by atoms with E-state index < -0.39 is 17.9 Å². The molecule has 2 aromatic carbocycles. The van der Waals surface area contributed by atoms with Crippen LogP contribution in [0.15, 0.2) is 42.5 Å². The highest BCUT2D eigenvalue weighted by molar-refractivity contribution is 5.92. The van der Waals surface area contributed by atoms with Gasteiger partial charge in [0.05, 0.1) is 13.0 Å². The van der Waals surface area contributed by atoms with Crippen molar-refractivity contribution in [3.8, 4) is 0 Å². The van der Waals surface area contributed by atoms with E-state index in [4.69, 9.17) is 5.11 Å². The summed E-state index contributed by atoms with van der Waals surface area (Å²) in [5.74, 6) is -1.86. The first-order chi connectivity index (χ1) is 12.0. The minimum Gasteiger partial charge on any atom is -0.480 e. The van der Waals surface area contributed by atoms with Crippen LogP contribution in [0.5, 0.6) is 0 Å². The Labute approximate surface area is 146 Å². The van der Waals surface area contributed by atoms with Gasteiger partial charge in [0.2, 0.25) is 11.8 Å². The summed E-state index contributed by atoms with van der Waals surface area (Å²) in [4.78, 5) is 34.9. The zero-order chi connectivity index (χ0) is 18.2. The molecule has 2 rings (SSSR count). The van der Waals surface area contributed by atoms with Crippen LogP contribution in [0.1, 0.15) is 25.3 Å². The third-order valence-electron chi connectivity index (χ3n) is 3.89. The lowest BCUT2D eigenvalue weighted by Crippen LogP contribution is -2.45. The van der Waals surface area contributed by atoms with Gasteiger partial charge in [-0.2, -0.15) is 0 Å². The zero-order valence-electron chi connectivity index (χ0n) is 14.1. The minimum atomic E-state index is -1.07. The molecule has 0 aliphatic carbocycles. The lowest BCUT2D eigenvalue weighted by Gasteiger charge is -2.14.